The molecule has 0 bridgehead atoms. The van der Waals surface area contributed by atoms with Gasteiger partial charge in [0.15, 0.2) is 5.65 Å². The second kappa shape index (κ2) is 6.01. The lowest BCUT2D eigenvalue weighted by Crippen LogP contribution is -2.44. The van der Waals surface area contributed by atoms with E-state index in [-0.39, 0.29) is 12.1 Å². The number of nitrogens with zero attached hydrogens (tertiary/aromatic N) is 4. The van der Waals surface area contributed by atoms with E-state index in [2.05, 4.69) is 20.9 Å². The molecular weight excluding hydrogens is 320 g/mol. The van der Waals surface area contributed by atoms with E-state index in [0.717, 1.165) is 4.57 Å². The minimum atomic E-state index is -0.540. The van der Waals surface area contributed by atoms with Crippen LogP contribution in [0.4, 0.5) is 0 Å². The van der Waals surface area contributed by atoms with Crippen molar-refractivity contribution in [2.45, 2.75) is 6.54 Å². The Hall–Kier alpha value is -3.01. The maximum Gasteiger partial charge on any atom is 0.279 e. The average molecular weight is 332 g/mol. The first kappa shape index (κ1) is 14.9. The zero-order chi connectivity index (χ0) is 16.4. The normalized spacial score (nSPS) is 10.7. The zero-order valence-electron chi connectivity index (χ0n) is 12.0. The lowest BCUT2D eigenvalue weighted by Gasteiger charge is -2.07. The third-order valence-corrected chi connectivity index (χ3v) is 3.96. The van der Waals surface area contributed by atoms with Gasteiger partial charge in [-0.05, 0) is 11.4 Å². The Morgan fingerprint density at radius 2 is 2.17 bits per heavy atom. The Labute approximate surface area is 133 Å². The molecule has 0 aromatic carbocycles. The van der Waals surface area contributed by atoms with Crippen molar-refractivity contribution in [1.82, 2.24) is 30.2 Å². The van der Waals surface area contributed by atoms with E-state index in [4.69, 9.17) is 0 Å². The van der Waals surface area contributed by atoms with E-state index in [1.165, 1.54) is 28.5 Å². The Morgan fingerprint density at radius 3 is 2.91 bits per heavy atom. The first-order chi connectivity index (χ1) is 11.1. The molecule has 23 heavy (non-hydrogen) atoms. The number of carbonyl (C=O) groups excluding carboxylic acids is 2. The maximum atomic E-state index is 12.2. The van der Waals surface area contributed by atoms with Gasteiger partial charge in [-0.15, -0.1) is 11.3 Å². The number of carbonyl (C=O) groups is 2. The molecule has 0 saturated heterocycles. The monoisotopic (exact) mass is 332 g/mol. The number of aromatic nitrogens is 4. The standard InChI is InChI=1S/C13H12N6O3S/c1-18-11-8(5-15-18)13(22)19(7-14-11)6-10(20)16-17-12(21)9-3-2-4-23-9/h2-5,7H,6H2,1H3,(H,16,20)(H,17,21). The largest absolute Gasteiger partial charge is 0.289 e. The van der Waals surface area contributed by atoms with Gasteiger partial charge in [0, 0.05) is 7.05 Å². The highest BCUT2D eigenvalue weighted by atomic mass is 32.1. The number of amides is 2. The molecule has 0 aliphatic carbocycles. The van der Waals surface area contributed by atoms with Crippen molar-refractivity contribution < 1.29 is 9.59 Å². The van der Waals surface area contributed by atoms with Crippen molar-refractivity contribution in [2.24, 2.45) is 7.05 Å². The smallest absolute Gasteiger partial charge is 0.279 e. The molecule has 0 unspecified atom stereocenters. The number of fused-ring (bicyclic) bond motifs is 1. The van der Waals surface area contributed by atoms with E-state index in [1.807, 2.05) is 0 Å². The second-order valence-corrected chi connectivity index (χ2v) is 5.61. The summed E-state index contributed by atoms with van der Waals surface area (Å²) in [5, 5.41) is 6.03. The van der Waals surface area contributed by atoms with Crippen molar-refractivity contribution >= 4 is 34.2 Å². The fourth-order valence-corrected chi connectivity index (χ4v) is 2.59. The zero-order valence-corrected chi connectivity index (χ0v) is 12.8. The van der Waals surface area contributed by atoms with Crippen molar-refractivity contribution in [3.05, 3.63) is 45.3 Å². The third-order valence-electron chi connectivity index (χ3n) is 3.09. The molecule has 3 aromatic rings. The topological polar surface area (TPSA) is 111 Å². The maximum absolute atomic E-state index is 12.2. The molecule has 0 aliphatic heterocycles. The van der Waals surface area contributed by atoms with Gasteiger partial charge in [-0.1, -0.05) is 6.07 Å². The Morgan fingerprint density at radius 1 is 1.35 bits per heavy atom. The van der Waals surface area contributed by atoms with Gasteiger partial charge in [0.1, 0.15) is 18.3 Å². The number of rotatable bonds is 3. The Balaban J connectivity index is 1.67. The van der Waals surface area contributed by atoms with Crippen molar-refractivity contribution in [1.29, 1.82) is 0 Å². The van der Waals surface area contributed by atoms with Crippen LogP contribution in [-0.2, 0) is 18.4 Å². The molecule has 3 rings (SSSR count). The van der Waals surface area contributed by atoms with E-state index in [0.29, 0.717) is 15.9 Å². The van der Waals surface area contributed by atoms with E-state index in [1.54, 1.807) is 24.6 Å². The predicted molar refractivity (Wildman–Crippen MR) is 82.7 cm³/mol. The fraction of sp³-hybridized carbons (Fsp3) is 0.154. The minimum Gasteiger partial charge on any atom is -0.289 e. The van der Waals surface area contributed by atoms with Crippen LogP contribution in [0.15, 0.2) is 34.8 Å². The summed E-state index contributed by atoms with van der Waals surface area (Å²) >= 11 is 1.26. The quantitative estimate of drug-likeness (QED) is 0.637. The molecule has 9 nitrogen and oxygen atoms in total. The Bertz CT molecular complexity index is 927. The highest BCUT2D eigenvalue weighted by Crippen LogP contribution is 2.07. The van der Waals surface area contributed by atoms with Crippen LogP contribution in [0.1, 0.15) is 9.67 Å². The summed E-state index contributed by atoms with van der Waals surface area (Å²) in [6.07, 6.45) is 2.67. The van der Waals surface area contributed by atoms with Crippen molar-refractivity contribution in [2.75, 3.05) is 0 Å². The van der Waals surface area contributed by atoms with Crippen LogP contribution in [-0.4, -0.2) is 31.1 Å². The second-order valence-electron chi connectivity index (χ2n) is 4.66. The summed E-state index contributed by atoms with van der Waals surface area (Å²) in [6, 6.07) is 3.37. The summed E-state index contributed by atoms with van der Waals surface area (Å²) in [5.74, 6) is -0.955. The van der Waals surface area contributed by atoms with Crippen LogP contribution in [0.2, 0.25) is 0 Å². The summed E-state index contributed by atoms with van der Waals surface area (Å²) in [5.41, 5.74) is 4.61. The summed E-state index contributed by atoms with van der Waals surface area (Å²) in [4.78, 5) is 40.3. The lowest BCUT2D eigenvalue weighted by atomic mass is 10.4. The van der Waals surface area contributed by atoms with Crippen molar-refractivity contribution in [3.63, 3.8) is 0 Å². The summed E-state index contributed by atoms with van der Waals surface area (Å²) in [7, 11) is 1.67. The molecule has 3 heterocycles. The van der Waals surface area contributed by atoms with Crippen molar-refractivity contribution in [3.8, 4) is 0 Å². The molecule has 3 aromatic heterocycles. The van der Waals surface area contributed by atoms with E-state index < -0.39 is 11.8 Å². The molecule has 10 heteroatoms. The molecular formula is C13H12N6O3S. The highest BCUT2D eigenvalue weighted by Gasteiger charge is 2.12. The lowest BCUT2D eigenvalue weighted by molar-refractivity contribution is -0.122. The molecule has 0 radical (unpaired) electrons. The first-order valence-electron chi connectivity index (χ1n) is 6.56. The Kier molecular flexibility index (Phi) is 3.89. The van der Waals surface area contributed by atoms with Gasteiger partial charge in [0.25, 0.3) is 17.4 Å². The highest BCUT2D eigenvalue weighted by molar-refractivity contribution is 7.12. The molecule has 0 aliphatic rings. The first-order valence-corrected chi connectivity index (χ1v) is 7.44. The fourth-order valence-electron chi connectivity index (χ4n) is 1.97. The van der Waals surface area contributed by atoms with E-state index in [9.17, 15) is 14.4 Å². The van der Waals surface area contributed by atoms with E-state index >= 15 is 0 Å². The van der Waals surface area contributed by atoms with Gasteiger partial charge in [-0.3, -0.25) is 34.5 Å². The molecule has 2 N–H and O–H groups in total. The summed E-state index contributed by atoms with van der Waals surface area (Å²) in [6.45, 7) is -0.263. The van der Waals surface area contributed by atoms with Gasteiger partial charge >= 0.3 is 0 Å². The van der Waals surface area contributed by atoms with Crippen LogP contribution in [0.5, 0.6) is 0 Å². The number of hydrogen-bond donors (Lipinski definition) is 2. The molecule has 0 atom stereocenters. The van der Waals surface area contributed by atoms with Gasteiger partial charge in [-0.2, -0.15) is 5.10 Å². The number of hydrogen-bond acceptors (Lipinski definition) is 6. The van der Waals surface area contributed by atoms with Crippen LogP contribution >= 0.6 is 11.3 Å². The van der Waals surface area contributed by atoms with Crippen LogP contribution < -0.4 is 16.4 Å². The number of hydrazine groups is 1. The van der Waals surface area contributed by atoms with Crippen LogP contribution in [0.3, 0.4) is 0 Å². The predicted octanol–water partition coefficient (Wildman–Crippen LogP) is -0.347. The molecule has 0 fully saturated rings. The van der Waals surface area contributed by atoms with Gasteiger partial charge in [0.2, 0.25) is 0 Å². The third kappa shape index (κ3) is 2.97. The number of aryl methyl sites for hydroxylation is 1. The van der Waals surface area contributed by atoms with Crippen LogP contribution in [0, 0.1) is 0 Å². The molecule has 2 amide bonds. The number of thiophene rings is 1. The molecule has 0 saturated carbocycles. The SMILES string of the molecule is Cn1ncc2c(=O)n(CC(=O)NNC(=O)c3cccs3)cnc21. The van der Waals surface area contributed by atoms with Gasteiger partial charge in [-0.25, -0.2) is 4.98 Å². The summed E-state index contributed by atoms with van der Waals surface area (Å²) < 4.78 is 2.62. The molecule has 118 valence electrons. The average Bonchev–Trinajstić information content (AvgIpc) is 3.18. The molecule has 0 spiro atoms. The minimum absolute atomic E-state index is 0.263. The van der Waals surface area contributed by atoms with Crippen LogP contribution in [0.25, 0.3) is 11.0 Å². The van der Waals surface area contributed by atoms with Gasteiger partial charge < -0.3 is 0 Å². The van der Waals surface area contributed by atoms with Gasteiger partial charge in [0.05, 0.1) is 11.1 Å². The number of nitrogens with one attached hydrogen (secondary N) is 2.